The van der Waals surface area contributed by atoms with E-state index in [1.165, 1.54) is 0 Å². The molecule has 1 aliphatic rings. The summed E-state index contributed by atoms with van der Waals surface area (Å²) in [5.41, 5.74) is 5.53. The second kappa shape index (κ2) is 5.38. The Morgan fingerprint density at radius 3 is 2.76 bits per heavy atom. The summed E-state index contributed by atoms with van der Waals surface area (Å²) in [4.78, 5) is 6.97. The normalized spacial score (nSPS) is 14.7. The van der Waals surface area contributed by atoms with Crippen LogP contribution in [-0.2, 0) is 0 Å². The van der Waals surface area contributed by atoms with Crippen LogP contribution in [0.4, 0.5) is 5.82 Å². The first-order valence-electron chi connectivity index (χ1n) is 5.44. The summed E-state index contributed by atoms with van der Waals surface area (Å²) in [6, 6.07) is 2.22. The van der Waals surface area contributed by atoms with Crippen molar-refractivity contribution in [2.45, 2.75) is 25.3 Å². The molecule has 0 spiro atoms. The zero-order valence-electron chi connectivity index (χ0n) is 9.20. The zero-order valence-corrected chi connectivity index (χ0v) is 11.5. The molecule has 3 nitrogen and oxygen atoms in total. The van der Waals surface area contributed by atoms with Crippen molar-refractivity contribution >= 4 is 46.2 Å². The van der Waals surface area contributed by atoms with Crippen molar-refractivity contribution in [3.05, 3.63) is 22.3 Å². The van der Waals surface area contributed by atoms with Gasteiger partial charge in [0.1, 0.15) is 5.82 Å². The molecule has 1 heterocycles. The highest BCUT2D eigenvalue weighted by molar-refractivity contribution is 7.80. The summed E-state index contributed by atoms with van der Waals surface area (Å²) in [5, 5.41) is 1.12. The molecule has 0 aliphatic heterocycles. The third kappa shape index (κ3) is 3.44. The Balaban J connectivity index is 2.17. The van der Waals surface area contributed by atoms with Crippen LogP contribution in [0.25, 0.3) is 0 Å². The predicted molar refractivity (Wildman–Crippen MR) is 76.0 cm³/mol. The van der Waals surface area contributed by atoms with Crippen LogP contribution in [0.5, 0.6) is 0 Å². The van der Waals surface area contributed by atoms with Crippen molar-refractivity contribution in [1.82, 2.24) is 4.98 Å². The van der Waals surface area contributed by atoms with E-state index in [0.717, 1.165) is 25.2 Å². The average Bonchev–Trinajstić information content (AvgIpc) is 3.04. The average molecular weight is 290 g/mol. The molecule has 0 aromatic carbocycles. The van der Waals surface area contributed by atoms with Crippen LogP contribution >= 0.6 is 35.4 Å². The maximum absolute atomic E-state index is 6.16. The molecule has 1 fully saturated rings. The van der Waals surface area contributed by atoms with Crippen molar-refractivity contribution in [2.75, 3.05) is 11.4 Å². The summed E-state index contributed by atoms with van der Waals surface area (Å²) in [6.07, 6.45) is 4.61. The molecule has 92 valence electrons. The minimum absolute atomic E-state index is 0.510. The van der Waals surface area contributed by atoms with Crippen molar-refractivity contribution in [1.29, 1.82) is 0 Å². The Morgan fingerprint density at radius 2 is 2.24 bits per heavy atom. The van der Waals surface area contributed by atoms with Gasteiger partial charge in [-0.2, -0.15) is 0 Å². The van der Waals surface area contributed by atoms with Gasteiger partial charge in [0.2, 0.25) is 0 Å². The first kappa shape index (κ1) is 12.9. The highest BCUT2D eigenvalue weighted by Crippen LogP contribution is 2.35. The van der Waals surface area contributed by atoms with Gasteiger partial charge in [0.05, 0.1) is 15.0 Å². The van der Waals surface area contributed by atoms with Gasteiger partial charge >= 0.3 is 0 Å². The van der Waals surface area contributed by atoms with Crippen LogP contribution in [0, 0.1) is 0 Å². The van der Waals surface area contributed by atoms with Gasteiger partial charge in [-0.15, -0.1) is 0 Å². The number of hydrogen-bond acceptors (Lipinski definition) is 3. The highest BCUT2D eigenvalue weighted by Gasteiger charge is 2.30. The molecule has 2 N–H and O–H groups in total. The van der Waals surface area contributed by atoms with Crippen LogP contribution in [0.2, 0.25) is 10.0 Å². The monoisotopic (exact) mass is 289 g/mol. The second-order valence-electron chi connectivity index (χ2n) is 4.10. The lowest BCUT2D eigenvalue weighted by Crippen LogP contribution is -2.30. The maximum atomic E-state index is 6.16. The van der Waals surface area contributed by atoms with E-state index in [1.54, 1.807) is 12.3 Å². The number of nitrogens with two attached hydrogens (primary N) is 1. The molecular weight excluding hydrogens is 277 g/mol. The fourth-order valence-electron chi connectivity index (χ4n) is 1.70. The molecular formula is C11H13Cl2N3S. The number of aromatic nitrogens is 1. The molecule has 0 atom stereocenters. The van der Waals surface area contributed by atoms with E-state index in [4.69, 9.17) is 41.2 Å². The van der Waals surface area contributed by atoms with Gasteiger partial charge in [0.15, 0.2) is 0 Å². The fraction of sp³-hybridized carbons (Fsp3) is 0.455. The summed E-state index contributed by atoms with van der Waals surface area (Å²) in [6.45, 7) is 0.758. The summed E-state index contributed by atoms with van der Waals surface area (Å²) >= 11 is 16.9. The largest absolute Gasteiger partial charge is 0.393 e. The lowest BCUT2D eigenvalue weighted by molar-refractivity contribution is 0.786. The van der Waals surface area contributed by atoms with Gasteiger partial charge in [0, 0.05) is 25.2 Å². The second-order valence-corrected chi connectivity index (χ2v) is 5.47. The zero-order chi connectivity index (χ0) is 12.4. The van der Waals surface area contributed by atoms with Crippen molar-refractivity contribution in [3.8, 4) is 0 Å². The summed E-state index contributed by atoms with van der Waals surface area (Å²) in [5.74, 6) is 0.773. The van der Waals surface area contributed by atoms with Gasteiger partial charge in [-0.1, -0.05) is 35.4 Å². The van der Waals surface area contributed by atoms with E-state index in [9.17, 15) is 0 Å². The van der Waals surface area contributed by atoms with E-state index in [2.05, 4.69) is 9.88 Å². The Labute approximate surface area is 116 Å². The van der Waals surface area contributed by atoms with E-state index >= 15 is 0 Å². The molecule has 0 bridgehead atoms. The molecule has 0 unspecified atom stereocenters. The highest BCUT2D eigenvalue weighted by atomic mass is 35.5. The van der Waals surface area contributed by atoms with Gasteiger partial charge in [0.25, 0.3) is 0 Å². The first-order chi connectivity index (χ1) is 8.08. The fourth-order valence-corrected chi connectivity index (χ4v) is 2.28. The van der Waals surface area contributed by atoms with E-state index in [1.807, 2.05) is 0 Å². The minimum atomic E-state index is 0.510. The lowest BCUT2D eigenvalue weighted by atomic mass is 10.3. The third-order valence-electron chi connectivity index (χ3n) is 2.65. The van der Waals surface area contributed by atoms with Gasteiger partial charge in [-0.3, -0.25) is 0 Å². The Kier molecular flexibility index (Phi) is 4.07. The van der Waals surface area contributed by atoms with Crippen LogP contribution in [0.3, 0.4) is 0 Å². The summed E-state index contributed by atoms with van der Waals surface area (Å²) in [7, 11) is 0. The molecule has 6 heteroatoms. The van der Waals surface area contributed by atoms with E-state index in [0.29, 0.717) is 27.5 Å². The topological polar surface area (TPSA) is 42.1 Å². The van der Waals surface area contributed by atoms with Crippen LogP contribution in [0.15, 0.2) is 12.3 Å². The number of nitrogens with zero attached hydrogens (tertiary/aromatic N) is 2. The summed E-state index contributed by atoms with van der Waals surface area (Å²) < 4.78 is 0. The number of thiocarbonyl (C=S) groups is 1. The van der Waals surface area contributed by atoms with Crippen molar-refractivity contribution < 1.29 is 0 Å². The molecule has 0 amide bonds. The van der Waals surface area contributed by atoms with E-state index < -0.39 is 0 Å². The smallest absolute Gasteiger partial charge is 0.147 e. The molecule has 0 radical (unpaired) electrons. The SMILES string of the molecule is NC(=S)CCN(c1ncc(Cl)cc1Cl)C1CC1. The molecule has 2 rings (SSSR count). The van der Waals surface area contributed by atoms with Crippen LogP contribution < -0.4 is 10.6 Å². The van der Waals surface area contributed by atoms with Gasteiger partial charge < -0.3 is 10.6 Å². The number of hydrogen-bond donors (Lipinski definition) is 1. The van der Waals surface area contributed by atoms with Crippen molar-refractivity contribution in [2.24, 2.45) is 5.73 Å². The number of rotatable bonds is 5. The molecule has 1 aromatic rings. The number of halogens is 2. The minimum Gasteiger partial charge on any atom is -0.393 e. The van der Waals surface area contributed by atoms with Crippen LogP contribution in [0.1, 0.15) is 19.3 Å². The number of anilines is 1. The maximum Gasteiger partial charge on any atom is 0.147 e. The van der Waals surface area contributed by atoms with Gasteiger partial charge in [-0.25, -0.2) is 4.98 Å². The van der Waals surface area contributed by atoms with E-state index in [-0.39, 0.29) is 0 Å². The molecule has 0 saturated heterocycles. The van der Waals surface area contributed by atoms with Crippen LogP contribution in [-0.4, -0.2) is 22.6 Å². The Morgan fingerprint density at radius 1 is 1.53 bits per heavy atom. The quantitative estimate of drug-likeness (QED) is 0.846. The first-order valence-corrected chi connectivity index (χ1v) is 6.60. The predicted octanol–water partition coefficient (Wildman–Crippen LogP) is 3.03. The standard InChI is InChI=1S/C11H13Cl2N3S/c12-7-5-9(13)11(15-6-7)16(8-1-2-8)4-3-10(14)17/h5-6,8H,1-4H2,(H2,14,17). The Bertz CT molecular complexity index is 435. The molecule has 1 aliphatic carbocycles. The lowest BCUT2D eigenvalue weighted by Gasteiger charge is -2.24. The Hall–Kier alpha value is -0.580. The van der Waals surface area contributed by atoms with Crippen molar-refractivity contribution in [3.63, 3.8) is 0 Å². The molecule has 1 aromatic heterocycles. The molecule has 1 saturated carbocycles. The molecule has 17 heavy (non-hydrogen) atoms. The number of pyridine rings is 1. The van der Waals surface area contributed by atoms with Gasteiger partial charge in [-0.05, 0) is 18.9 Å². The third-order valence-corrected chi connectivity index (χ3v) is 3.34.